The zero-order valence-electron chi connectivity index (χ0n) is 17.3. The van der Waals surface area contributed by atoms with Crippen LogP contribution in [-0.2, 0) is 16.8 Å². The molecule has 0 fully saturated rings. The molecule has 0 atom stereocenters. The molecule has 0 aliphatic rings. The highest BCUT2D eigenvalue weighted by Crippen LogP contribution is 2.28. The number of carbonyl (C=O) groups excluding carboxylic acids is 1. The summed E-state index contributed by atoms with van der Waals surface area (Å²) in [5.74, 6) is -0.554. The summed E-state index contributed by atoms with van der Waals surface area (Å²) in [7, 11) is 0. The molecule has 6 nitrogen and oxygen atoms in total. The van der Waals surface area contributed by atoms with Crippen LogP contribution in [0.25, 0.3) is 11.7 Å². The maximum absolute atomic E-state index is 11.2. The number of carbonyl (C=O) groups is 1. The normalized spacial score (nSPS) is 12.6. The molecule has 1 amide bonds. The molecule has 0 spiro atoms. The predicted molar refractivity (Wildman–Crippen MR) is 109 cm³/mol. The molecule has 2 aromatic rings. The minimum absolute atomic E-state index is 0.0665. The Labute approximate surface area is 161 Å². The first-order chi connectivity index (χ1) is 12.7. The SMILES string of the molecule is CCCN(Cc1c(C(C)(C)C)nc2cc(/C=C/C(=O)NO)ccn12)C(C)C. The molecule has 2 aromatic heterocycles. The first kappa shape index (κ1) is 21.1. The van der Waals surface area contributed by atoms with Crippen molar-refractivity contribution in [1.82, 2.24) is 19.8 Å². The van der Waals surface area contributed by atoms with E-state index >= 15 is 0 Å². The van der Waals surface area contributed by atoms with E-state index in [4.69, 9.17) is 10.2 Å². The summed E-state index contributed by atoms with van der Waals surface area (Å²) < 4.78 is 2.15. The lowest BCUT2D eigenvalue weighted by atomic mass is 9.90. The van der Waals surface area contributed by atoms with E-state index in [9.17, 15) is 4.79 Å². The first-order valence-electron chi connectivity index (χ1n) is 9.55. The van der Waals surface area contributed by atoms with Gasteiger partial charge in [0.2, 0.25) is 0 Å². The van der Waals surface area contributed by atoms with Gasteiger partial charge >= 0.3 is 0 Å². The van der Waals surface area contributed by atoms with Crippen molar-refractivity contribution in [1.29, 1.82) is 0 Å². The average molecular weight is 373 g/mol. The summed E-state index contributed by atoms with van der Waals surface area (Å²) in [4.78, 5) is 18.6. The summed E-state index contributed by atoms with van der Waals surface area (Å²) in [6, 6.07) is 4.37. The zero-order chi connectivity index (χ0) is 20.2. The topological polar surface area (TPSA) is 69.9 Å². The van der Waals surface area contributed by atoms with Gasteiger partial charge in [0.15, 0.2) is 0 Å². The number of imidazole rings is 1. The molecule has 0 unspecified atom stereocenters. The van der Waals surface area contributed by atoms with Crippen LogP contribution in [0, 0.1) is 0 Å². The highest BCUT2D eigenvalue weighted by molar-refractivity contribution is 5.90. The van der Waals surface area contributed by atoms with Crippen LogP contribution in [0.15, 0.2) is 24.4 Å². The molecule has 148 valence electrons. The van der Waals surface area contributed by atoms with Gasteiger partial charge in [0, 0.05) is 30.3 Å². The fourth-order valence-electron chi connectivity index (χ4n) is 3.18. The van der Waals surface area contributed by atoms with Gasteiger partial charge in [-0.1, -0.05) is 27.7 Å². The van der Waals surface area contributed by atoms with Crippen molar-refractivity contribution in [3.63, 3.8) is 0 Å². The minimum Gasteiger partial charge on any atom is -0.302 e. The number of nitrogens with zero attached hydrogens (tertiary/aromatic N) is 3. The van der Waals surface area contributed by atoms with Crippen LogP contribution in [0.1, 0.15) is 64.9 Å². The first-order valence-corrected chi connectivity index (χ1v) is 9.55. The van der Waals surface area contributed by atoms with Gasteiger partial charge in [-0.3, -0.25) is 14.9 Å². The predicted octanol–water partition coefficient (Wildman–Crippen LogP) is 3.77. The number of aromatic nitrogens is 2. The number of hydroxylamine groups is 1. The smallest absolute Gasteiger partial charge is 0.267 e. The molecular formula is C21H32N4O2. The highest BCUT2D eigenvalue weighted by Gasteiger charge is 2.25. The number of pyridine rings is 1. The van der Waals surface area contributed by atoms with Gasteiger partial charge in [-0.05, 0) is 50.6 Å². The lowest BCUT2D eigenvalue weighted by Gasteiger charge is -2.27. The molecule has 0 saturated heterocycles. The number of hydrogen-bond acceptors (Lipinski definition) is 4. The molecule has 27 heavy (non-hydrogen) atoms. The second-order valence-electron chi connectivity index (χ2n) is 8.22. The molecule has 0 aliphatic heterocycles. The second kappa shape index (κ2) is 8.67. The summed E-state index contributed by atoms with van der Waals surface area (Å²) in [6.45, 7) is 15.1. The summed E-state index contributed by atoms with van der Waals surface area (Å²) in [5.41, 5.74) is 5.56. The van der Waals surface area contributed by atoms with Crippen molar-refractivity contribution >= 4 is 17.6 Å². The number of rotatable bonds is 7. The van der Waals surface area contributed by atoms with Gasteiger partial charge in [0.25, 0.3) is 5.91 Å². The van der Waals surface area contributed by atoms with Gasteiger partial charge in [-0.25, -0.2) is 10.5 Å². The standard InChI is InChI=1S/C21H32N4O2/c1-7-11-24(15(2)3)14-17-20(21(4,5)6)22-18-13-16(10-12-25(17)18)8-9-19(26)23-27/h8-10,12-13,15,27H,7,11,14H2,1-6H3,(H,23,26)/b9-8+. The fourth-order valence-corrected chi connectivity index (χ4v) is 3.18. The van der Waals surface area contributed by atoms with E-state index in [0.29, 0.717) is 6.04 Å². The Balaban J connectivity index is 2.50. The molecule has 0 aromatic carbocycles. The Kier molecular flexibility index (Phi) is 6.78. The van der Waals surface area contributed by atoms with E-state index in [1.165, 1.54) is 11.8 Å². The van der Waals surface area contributed by atoms with E-state index in [0.717, 1.165) is 36.4 Å². The molecule has 2 heterocycles. The van der Waals surface area contributed by atoms with Gasteiger partial charge < -0.3 is 4.40 Å². The summed E-state index contributed by atoms with van der Waals surface area (Å²) in [5, 5.41) is 8.61. The van der Waals surface area contributed by atoms with Gasteiger partial charge in [-0.2, -0.15) is 0 Å². The van der Waals surface area contributed by atoms with Gasteiger partial charge in [-0.15, -0.1) is 0 Å². The van der Waals surface area contributed by atoms with Crippen molar-refractivity contribution in [2.45, 2.75) is 66.0 Å². The van der Waals surface area contributed by atoms with E-state index < -0.39 is 5.91 Å². The Bertz CT molecular complexity index is 815. The quantitative estimate of drug-likeness (QED) is 0.441. The Morgan fingerprint density at radius 3 is 2.67 bits per heavy atom. The Hall–Kier alpha value is -2.18. The van der Waals surface area contributed by atoms with Crippen molar-refractivity contribution in [3.05, 3.63) is 41.4 Å². The zero-order valence-corrected chi connectivity index (χ0v) is 17.3. The van der Waals surface area contributed by atoms with E-state index in [1.807, 2.05) is 18.3 Å². The molecule has 0 radical (unpaired) electrons. The highest BCUT2D eigenvalue weighted by atomic mass is 16.5. The Morgan fingerprint density at radius 1 is 1.41 bits per heavy atom. The summed E-state index contributed by atoms with van der Waals surface area (Å²) >= 11 is 0. The van der Waals surface area contributed by atoms with Crippen molar-refractivity contribution in [2.75, 3.05) is 6.54 Å². The van der Waals surface area contributed by atoms with Crippen LogP contribution >= 0.6 is 0 Å². The second-order valence-corrected chi connectivity index (χ2v) is 8.22. The lowest BCUT2D eigenvalue weighted by Crippen LogP contribution is -2.32. The number of hydrogen-bond donors (Lipinski definition) is 2. The van der Waals surface area contributed by atoms with Crippen molar-refractivity contribution < 1.29 is 10.0 Å². The average Bonchev–Trinajstić information content (AvgIpc) is 2.97. The third-order valence-corrected chi connectivity index (χ3v) is 4.59. The monoisotopic (exact) mass is 372 g/mol. The largest absolute Gasteiger partial charge is 0.302 e. The molecule has 6 heteroatoms. The lowest BCUT2D eigenvalue weighted by molar-refractivity contribution is -0.124. The van der Waals surface area contributed by atoms with Crippen LogP contribution in [0.3, 0.4) is 0 Å². The third-order valence-electron chi connectivity index (χ3n) is 4.59. The fraction of sp³-hybridized carbons (Fsp3) is 0.524. The molecule has 0 saturated carbocycles. The van der Waals surface area contributed by atoms with Crippen LogP contribution in [0.5, 0.6) is 0 Å². The molecule has 2 N–H and O–H groups in total. The van der Waals surface area contributed by atoms with Crippen LogP contribution in [-0.4, -0.2) is 38.0 Å². The van der Waals surface area contributed by atoms with Crippen LogP contribution in [0.2, 0.25) is 0 Å². The van der Waals surface area contributed by atoms with Crippen molar-refractivity contribution in [2.24, 2.45) is 0 Å². The maximum atomic E-state index is 11.2. The van der Waals surface area contributed by atoms with Gasteiger partial charge in [0.05, 0.1) is 11.4 Å². The minimum atomic E-state index is -0.554. The number of fused-ring (bicyclic) bond motifs is 1. The van der Waals surface area contributed by atoms with E-state index in [-0.39, 0.29) is 5.41 Å². The third kappa shape index (κ3) is 5.17. The molecular weight excluding hydrogens is 340 g/mol. The van der Waals surface area contributed by atoms with E-state index in [1.54, 1.807) is 11.6 Å². The maximum Gasteiger partial charge on any atom is 0.267 e. The molecule has 2 rings (SSSR count). The van der Waals surface area contributed by atoms with Crippen LogP contribution in [0.4, 0.5) is 0 Å². The van der Waals surface area contributed by atoms with Gasteiger partial charge in [0.1, 0.15) is 5.65 Å². The summed E-state index contributed by atoms with van der Waals surface area (Å²) in [6.07, 6.45) is 6.08. The molecule has 0 aliphatic carbocycles. The van der Waals surface area contributed by atoms with E-state index in [2.05, 4.69) is 50.8 Å². The Morgan fingerprint density at radius 2 is 2.11 bits per heavy atom. The van der Waals surface area contributed by atoms with Crippen LogP contribution < -0.4 is 5.48 Å². The number of nitrogens with one attached hydrogen (secondary N) is 1. The van der Waals surface area contributed by atoms with Crippen molar-refractivity contribution in [3.8, 4) is 0 Å². The number of amides is 1. The molecule has 0 bridgehead atoms.